The molecule has 0 aliphatic carbocycles. The molecule has 1 saturated heterocycles. The van der Waals surface area contributed by atoms with Gasteiger partial charge in [0, 0.05) is 48.0 Å². The fraction of sp³-hybridized carbons (Fsp3) is 0.360. The minimum atomic E-state index is -0.283. The lowest BCUT2D eigenvalue weighted by Gasteiger charge is -2.28. The van der Waals surface area contributed by atoms with Crippen LogP contribution in [0.15, 0.2) is 36.7 Å². The van der Waals surface area contributed by atoms with Crippen molar-refractivity contribution in [1.29, 1.82) is 0 Å². The van der Waals surface area contributed by atoms with Gasteiger partial charge in [0.2, 0.25) is 0 Å². The summed E-state index contributed by atoms with van der Waals surface area (Å²) in [6.45, 7) is 6.46. The first-order valence-electron chi connectivity index (χ1n) is 10.9. The molecule has 0 N–H and O–H groups in total. The summed E-state index contributed by atoms with van der Waals surface area (Å²) in [5, 5.41) is 5.05. The van der Waals surface area contributed by atoms with Gasteiger partial charge in [-0.3, -0.25) is 4.68 Å². The number of benzene rings is 1. The van der Waals surface area contributed by atoms with Gasteiger partial charge >= 0.3 is 0 Å². The highest BCUT2D eigenvalue weighted by molar-refractivity contribution is 5.91. The smallest absolute Gasteiger partial charge is 0.163 e. The zero-order chi connectivity index (χ0) is 22.4. The third-order valence-electron chi connectivity index (χ3n) is 6.27. The van der Waals surface area contributed by atoms with Crippen molar-refractivity contribution in [2.75, 3.05) is 6.61 Å². The Morgan fingerprint density at radius 1 is 1.09 bits per heavy atom. The zero-order valence-corrected chi connectivity index (χ0v) is 18.8. The second-order valence-electron chi connectivity index (χ2n) is 8.70. The van der Waals surface area contributed by atoms with Crippen LogP contribution in [0.5, 0.6) is 0 Å². The van der Waals surface area contributed by atoms with Crippen LogP contribution in [0.2, 0.25) is 0 Å². The van der Waals surface area contributed by atoms with Crippen LogP contribution in [0, 0.1) is 26.6 Å². The predicted octanol–water partition coefficient (Wildman–Crippen LogP) is 5.12. The molecule has 0 spiro atoms. The van der Waals surface area contributed by atoms with Gasteiger partial charge in [0.15, 0.2) is 5.65 Å². The minimum Gasteiger partial charge on any atom is -0.373 e. The van der Waals surface area contributed by atoms with Gasteiger partial charge in [0.1, 0.15) is 11.6 Å². The van der Waals surface area contributed by atoms with E-state index in [2.05, 4.69) is 5.10 Å². The Balaban J connectivity index is 1.62. The number of hydrogen-bond acceptors (Lipinski definition) is 5. The molecule has 1 aliphatic rings. The summed E-state index contributed by atoms with van der Waals surface area (Å²) in [5.74, 6) is 0.504. The molecule has 0 amide bonds. The molecule has 32 heavy (non-hydrogen) atoms. The fourth-order valence-corrected chi connectivity index (χ4v) is 4.33. The van der Waals surface area contributed by atoms with E-state index in [1.807, 2.05) is 52.3 Å². The summed E-state index contributed by atoms with van der Waals surface area (Å²) >= 11 is 0. The lowest BCUT2D eigenvalue weighted by atomic mass is 9.92. The van der Waals surface area contributed by atoms with Gasteiger partial charge in [0.25, 0.3) is 0 Å². The molecule has 1 aromatic carbocycles. The van der Waals surface area contributed by atoms with Crippen LogP contribution in [-0.4, -0.2) is 31.3 Å². The molecule has 1 fully saturated rings. The maximum absolute atomic E-state index is 15.0. The Morgan fingerprint density at radius 2 is 1.94 bits per heavy atom. The molecule has 4 heterocycles. The van der Waals surface area contributed by atoms with E-state index in [1.165, 1.54) is 0 Å². The second-order valence-corrected chi connectivity index (χ2v) is 8.70. The number of aromatic nitrogens is 5. The Bertz CT molecular complexity index is 1320. The normalized spacial score (nSPS) is 18.9. The number of pyridine rings is 1. The van der Waals surface area contributed by atoms with Crippen molar-refractivity contribution < 1.29 is 9.13 Å². The Hall–Kier alpha value is -3.19. The number of hydrogen-bond donors (Lipinski definition) is 0. The Morgan fingerprint density at radius 3 is 2.69 bits per heavy atom. The van der Waals surface area contributed by atoms with E-state index in [1.54, 1.807) is 16.8 Å². The third kappa shape index (κ3) is 3.77. The number of fused-ring (bicyclic) bond motifs is 1. The van der Waals surface area contributed by atoms with Crippen LogP contribution in [0.4, 0.5) is 4.39 Å². The highest BCUT2D eigenvalue weighted by Crippen LogP contribution is 2.38. The first-order chi connectivity index (χ1) is 15.4. The molecule has 2 atom stereocenters. The Kier molecular flexibility index (Phi) is 5.21. The van der Waals surface area contributed by atoms with Crippen LogP contribution >= 0.6 is 0 Å². The highest BCUT2D eigenvalue weighted by atomic mass is 19.1. The SMILES string of the molecule is Cc1ccc(-c2nc([C@@H]3CCO[C@H](c4cnn(C)c4)C3)nc3nc(C)c(C)cc23)c(F)c1. The summed E-state index contributed by atoms with van der Waals surface area (Å²) in [4.78, 5) is 14.5. The molecular weight excluding hydrogens is 405 g/mol. The van der Waals surface area contributed by atoms with Crippen molar-refractivity contribution in [2.45, 2.75) is 45.6 Å². The summed E-state index contributed by atoms with van der Waals surface area (Å²) in [6.07, 6.45) is 5.32. The van der Waals surface area contributed by atoms with Crippen LogP contribution in [-0.2, 0) is 11.8 Å². The van der Waals surface area contributed by atoms with E-state index >= 15 is 0 Å². The van der Waals surface area contributed by atoms with Crippen molar-refractivity contribution >= 4 is 11.0 Å². The van der Waals surface area contributed by atoms with Crippen molar-refractivity contribution in [2.24, 2.45) is 7.05 Å². The van der Waals surface area contributed by atoms with Gasteiger partial charge in [-0.1, -0.05) is 6.07 Å². The summed E-state index contributed by atoms with van der Waals surface area (Å²) in [5.41, 5.74) is 5.55. The third-order valence-corrected chi connectivity index (χ3v) is 6.27. The largest absolute Gasteiger partial charge is 0.373 e. The average molecular weight is 432 g/mol. The van der Waals surface area contributed by atoms with E-state index in [0.717, 1.165) is 40.6 Å². The molecule has 0 saturated carbocycles. The standard InChI is InChI=1S/C25H26FN5O/c1-14-5-6-19(21(26)9-14)23-20-10-15(2)16(3)28-25(20)30-24(29-23)17-7-8-32-22(11-17)18-12-27-31(4)13-18/h5-6,9-10,12-13,17,22H,7-8,11H2,1-4H3/t17-,22+/m1/s1. The average Bonchev–Trinajstić information content (AvgIpc) is 3.21. The van der Waals surface area contributed by atoms with Crippen LogP contribution in [0.1, 0.15) is 53.1 Å². The summed E-state index contributed by atoms with van der Waals surface area (Å²) < 4.78 is 22.8. The van der Waals surface area contributed by atoms with Crippen molar-refractivity contribution in [1.82, 2.24) is 24.7 Å². The molecule has 7 heteroatoms. The zero-order valence-electron chi connectivity index (χ0n) is 18.8. The molecule has 0 unspecified atom stereocenters. The molecule has 0 radical (unpaired) electrons. The number of aryl methyl sites for hydroxylation is 4. The first-order valence-corrected chi connectivity index (χ1v) is 10.9. The second kappa shape index (κ2) is 8.06. The molecular formula is C25H26FN5O. The van der Waals surface area contributed by atoms with E-state index in [0.29, 0.717) is 29.3 Å². The number of halogens is 1. The van der Waals surface area contributed by atoms with Gasteiger partial charge in [0.05, 0.1) is 18.0 Å². The Labute approximate surface area is 186 Å². The van der Waals surface area contributed by atoms with Gasteiger partial charge < -0.3 is 4.74 Å². The van der Waals surface area contributed by atoms with Crippen molar-refractivity contribution in [3.8, 4) is 11.3 Å². The van der Waals surface area contributed by atoms with E-state index in [9.17, 15) is 4.39 Å². The maximum Gasteiger partial charge on any atom is 0.163 e. The van der Waals surface area contributed by atoms with E-state index in [4.69, 9.17) is 19.7 Å². The van der Waals surface area contributed by atoms with Crippen molar-refractivity contribution in [3.05, 3.63) is 70.7 Å². The molecule has 5 rings (SSSR count). The summed E-state index contributed by atoms with van der Waals surface area (Å²) in [7, 11) is 1.90. The van der Waals surface area contributed by atoms with Crippen LogP contribution in [0.25, 0.3) is 22.3 Å². The van der Waals surface area contributed by atoms with Gasteiger partial charge in [-0.2, -0.15) is 5.10 Å². The quantitative estimate of drug-likeness (QED) is 0.450. The van der Waals surface area contributed by atoms with Crippen LogP contribution in [0.3, 0.4) is 0 Å². The number of nitrogens with zero attached hydrogens (tertiary/aromatic N) is 5. The van der Waals surface area contributed by atoms with Gasteiger partial charge in [-0.25, -0.2) is 19.3 Å². The molecule has 0 bridgehead atoms. The predicted molar refractivity (Wildman–Crippen MR) is 121 cm³/mol. The topological polar surface area (TPSA) is 65.7 Å². The first kappa shape index (κ1) is 20.7. The molecule has 164 valence electrons. The van der Waals surface area contributed by atoms with E-state index < -0.39 is 0 Å². The molecule has 1 aliphatic heterocycles. The minimum absolute atomic E-state index is 0.0611. The van der Waals surface area contributed by atoms with Gasteiger partial charge in [-0.05, 0) is 62.9 Å². The number of rotatable bonds is 3. The molecule has 4 aromatic rings. The highest BCUT2D eigenvalue weighted by Gasteiger charge is 2.29. The number of ether oxygens (including phenoxy) is 1. The lowest BCUT2D eigenvalue weighted by Crippen LogP contribution is -2.20. The van der Waals surface area contributed by atoms with E-state index in [-0.39, 0.29) is 17.8 Å². The maximum atomic E-state index is 15.0. The lowest BCUT2D eigenvalue weighted by molar-refractivity contribution is 0.00398. The summed E-state index contributed by atoms with van der Waals surface area (Å²) in [6, 6.07) is 7.27. The van der Waals surface area contributed by atoms with Gasteiger partial charge in [-0.15, -0.1) is 0 Å². The molecule has 3 aromatic heterocycles. The van der Waals surface area contributed by atoms with Crippen LogP contribution < -0.4 is 0 Å². The fourth-order valence-electron chi connectivity index (χ4n) is 4.33. The molecule has 6 nitrogen and oxygen atoms in total. The van der Waals surface area contributed by atoms with Crippen molar-refractivity contribution in [3.63, 3.8) is 0 Å². The monoisotopic (exact) mass is 431 g/mol.